The standard InChI is InChI=1S/C27H37F/c1-2-3-4-5-6-7-20-8-9-22-17-23(11-10-21(22)16-20)24-12-13-26-19-27(28)15-14-25(26)18-24/h12-15,18-23H,2-11,16-17H2,1H3. The molecule has 0 radical (unpaired) electrons. The third-order valence-corrected chi connectivity index (χ3v) is 7.74. The molecule has 0 aliphatic heterocycles. The lowest BCUT2D eigenvalue weighted by atomic mass is 9.63. The molecule has 4 unspecified atom stereocenters. The maximum absolute atomic E-state index is 13.4. The molecule has 2 fully saturated rings. The molecule has 2 saturated carbocycles. The van der Waals surface area contributed by atoms with E-state index in [0.717, 1.165) is 23.1 Å². The quantitative estimate of drug-likeness (QED) is 0.422. The Balaban J connectivity index is 1.31. The average molecular weight is 381 g/mol. The molecular formula is C27H37F. The molecule has 28 heavy (non-hydrogen) atoms. The second kappa shape index (κ2) is 9.42. The first-order valence-corrected chi connectivity index (χ1v) is 11.9. The molecule has 4 rings (SSSR count). The van der Waals surface area contributed by atoms with Crippen LogP contribution in [0.2, 0.25) is 0 Å². The average Bonchev–Trinajstić information content (AvgIpc) is 2.73. The van der Waals surface area contributed by atoms with Crippen molar-refractivity contribution in [1.82, 2.24) is 0 Å². The fourth-order valence-corrected chi connectivity index (χ4v) is 6.08. The van der Waals surface area contributed by atoms with E-state index in [0.29, 0.717) is 5.92 Å². The van der Waals surface area contributed by atoms with Gasteiger partial charge in [-0.15, -0.1) is 0 Å². The van der Waals surface area contributed by atoms with Crippen LogP contribution in [0.15, 0.2) is 36.4 Å². The minimum absolute atomic E-state index is 0.136. The van der Waals surface area contributed by atoms with Gasteiger partial charge in [0.2, 0.25) is 0 Å². The SMILES string of the molecule is CCCCCCCC1CCC2CC(c3ccc4cc(F)ccc4c3)CCC2C1. The number of hydrogen-bond acceptors (Lipinski definition) is 0. The van der Waals surface area contributed by atoms with E-state index in [-0.39, 0.29) is 5.82 Å². The molecule has 0 bridgehead atoms. The van der Waals surface area contributed by atoms with Gasteiger partial charge in [0.1, 0.15) is 5.82 Å². The lowest BCUT2D eigenvalue weighted by Gasteiger charge is -2.42. The van der Waals surface area contributed by atoms with Gasteiger partial charge in [0, 0.05) is 0 Å². The predicted octanol–water partition coefficient (Wildman–Crippen LogP) is 8.64. The van der Waals surface area contributed by atoms with E-state index < -0.39 is 0 Å². The Hall–Kier alpha value is -1.37. The first-order valence-electron chi connectivity index (χ1n) is 11.9. The molecule has 0 spiro atoms. The van der Waals surface area contributed by atoms with Gasteiger partial charge < -0.3 is 0 Å². The van der Waals surface area contributed by atoms with Crippen LogP contribution >= 0.6 is 0 Å². The topological polar surface area (TPSA) is 0 Å². The Morgan fingerprint density at radius 3 is 2.43 bits per heavy atom. The molecule has 152 valence electrons. The van der Waals surface area contributed by atoms with Gasteiger partial charge in [0.25, 0.3) is 0 Å². The number of halogens is 1. The zero-order valence-electron chi connectivity index (χ0n) is 17.6. The maximum atomic E-state index is 13.4. The highest BCUT2D eigenvalue weighted by Crippen LogP contribution is 2.48. The Labute approximate surface area is 170 Å². The highest BCUT2D eigenvalue weighted by Gasteiger charge is 2.35. The summed E-state index contributed by atoms with van der Waals surface area (Å²) in [6.45, 7) is 2.30. The molecule has 0 aromatic heterocycles. The van der Waals surface area contributed by atoms with Crippen LogP contribution in [0.25, 0.3) is 10.8 Å². The van der Waals surface area contributed by atoms with E-state index in [9.17, 15) is 4.39 Å². The fraction of sp³-hybridized carbons (Fsp3) is 0.630. The van der Waals surface area contributed by atoms with E-state index in [1.165, 1.54) is 88.0 Å². The van der Waals surface area contributed by atoms with Gasteiger partial charge in [-0.05, 0) is 84.2 Å². The van der Waals surface area contributed by atoms with Crippen molar-refractivity contribution in [3.05, 3.63) is 47.8 Å². The number of fused-ring (bicyclic) bond motifs is 2. The van der Waals surface area contributed by atoms with Crippen molar-refractivity contribution in [3.63, 3.8) is 0 Å². The highest BCUT2D eigenvalue weighted by atomic mass is 19.1. The summed E-state index contributed by atoms with van der Waals surface area (Å²) in [5, 5.41) is 2.21. The molecule has 2 aliphatic rings. The third kappa shape index (κ3) is 4.78. The summed E-state index contributed by atoms with van der Waals surface area (Å²) in [4.78, 5) is 0. The van der Waals surface area contributed by atoms with Gasteiger partial charge in [-0.25, -0.2) is 4.39 Å². The first kappa shape index (κ1) is 19.9. The zero-order chi connectivity index (χ0) is 19.3. The maximum Gasteiger partial charge on any atom is 0.123 e. The smallest absolute Gasteiger partial charge is 0.123 e. The van der Waals surface area contributed by atoms with E-state index in [2.05, 4.69) is 25.1 Å². The molecule has 2 aromatic carbocycles. The minimum Gasteiger partial charge on any atom is -0.207 e. The van der Waals surface area contributed by atoms with Crippen molar-refractivity contribution >= 4 is 10.8 Å². The number of unbranched alkanes of at least 4 members (excludes halogenated alkanes) is 4. The van der Waals surface area contributed by atoms with Crippen LogP contribution in [0.1, 0.15) is 95.5 Å². The Morgan fingerprint density at radius 1 is 0.786 bits per heavy atom. The summed E-state index contributed by atoms with van der Waals surface area (Å²) in [5.74, 6) is 3.51. The number of benzene rings is 2. The number of rotatable bonds is 7. The molecule has 1 heteroatoms. The van der Waals surface area contributed by atoms with Gasteiger partial charge in [-0.2, -0.15) is 0 Å². The molecule has 2 aromatic rings. The lowest BCUT2D eigenvalue weighted by molar-refractivity contribution is 0.113. The molecular weight excluding hydrogens is 343 g/mol. The molecule has 0 saturated heterocycles. The summed E-state index contributed by atoms with van der Waals surface area (Å²) >= 11 is 0. The molecule has 0 nitrogen and oxygen atoms in total. The third-order valence-electron chi connectivity index (χ3n) is 7.74. The van der Waals surface area contributed by atoms with Crippen LogP contribution in [0.5, 0.6) is 0 Å². The summed E-state index contributed by atoms with van der Waals surface area (Å²) in [5.41, 5.74) is 1.48. The normalized spacial score (nSPS) is 27.6. The fourth-order valence-electron chi connectivity index (χ4n) is 6.08. The van der Waals surface area contributed by atoms with Gasteiger partial charge in [-0.1, -0.05) is 76.1 Å². The van der Waals surface area contributed by atoms with E-state index in [1.807, 2.05) is 6.07 Å². The van der Waals surface area contributed by atoms with Gasteiger partial charge in [0.05, 0.1) is 0 Å². The second-order valence-corrected chi connectivity index (χ2v) is 9.66. The first-order chi connectivity index (χ1) is 13.7. The summed E-state index contributed by atoms with van der Waals surface area (Å²) in [6, 6.07) is 11.9. The molecule has 2 aliphatic carbocycles. The zero-order valence-corrected chi connectivity index (χ0v) is 17.6. The Kier molecular flexibility index (Phi) is 6.70. The van der Waals surface area contributed by atoms with Crippen molar-refractivity contribution in [2.75, 3.05) is 0 Å². The highest BCUT2D eigenvalue weighted by molar-refractivity contribution is 5.83. The summed E-state index contributed by atoms with van der Waals surface area (Å²) < 4.78 is 13.4. The van der Waals surface area contributed by atoms with Crippen LogP contribution in [0.4, 0.5) is 4.39 Å². The Morgan fingerprint density at radius 2 is 1.54 bits per heavy atom. The molecule has 0 N–H and O–H groups in total. The van der Waals surface area contributed by atoms with Crippen molar-refractivity contribution in [3.8, 4) is 0 Å². The molecule has 0 amide bonds. The predicted molar refractivity (Wildman–Crippen MR) is 118 cm³/mol. The largest absolute Gasteiger partial charge is 0.207 e. The lowest BCUT2D eigenvalue weighted by Crippen LogP contribution is -2.30. The van der Waals surface area contributed by atoms with E-state index in [1.54, 1.807) is 12.1 Å². The second-order valence-electron chi connectivity index (χ2n) is 9.66. The van der Waals surface area contributed by atoms with Gasteiger partial charge in [0.15, 0.2) is 0 Å². The van der Waals surface area contributed by atoms with Crippen LogP contribution in [0, 0.1) is 23.6 Å². The van der Waals surface area contributed by atoms with Crippen molar-refractivity contribution in [2.45, 2.75) is 89.9 Å². The van der Waals surface area contributed by atoms with Crippen molar-refractivity contribution in [1.29, 1.82) is 0 Å². The van der Waals surface area contributed by atoms with Gasteiger partial charge in [-0.3, -0.25) is 0 Å². The minimum atomic E-state index is -0.136. The number of hydrogen-bond donors (Lipinski definition) is 0. The van der Waals surface area contributed by atoms with Crippen LogP contribution < -0.4 is 0 Å². The molecule has 0 heterocycles. The summed E-state index contributed by atoms with van der Waals surface area (Å²) in [6.07, 6.45) is 17.2. The van der Waals surface area contributed by atoms with Crippen LogP contribution in [-0.4, -0.2) is 0 Å². The molecule has 4 atom stereocenters. The Bertz CT molecular complexity index is 764. The van der Waals surface area contributed by atoms with Crippen LogP contribution in [-0.2, 0) is 0 Å². The van der Waals surface area contributed by atoms with Gasteiger partial charge >= 0.3 is 0 Å². The van der Waals surface area contributed by atoms with Crippen molar-refractivity contribution < 1.29 is 4.39 Å². The van der Waals surface area contributed by atoms with Crippen molar-refractivity contribution in [2.24, 2.45) is 17.8 Å². The summed E-state index contributed by atoms with van der Waals surface area (Å²) in [7, 11) is 0. The van der Waals surface area contributed by atoms with E-state index >= 15 is 0 Å². The van der Waals surface area contributed by atoms with E-state index in [4.69, 9.17) is 0 Å². The monoisotopic (exact) mass is 380 g/mol. The van der Waals surface area contributed by atoms with Crippen LogP contribution in [0.3, 0.4) is 0 Å².